The summed E-state index contributed by atoms with van der Waals surface area (Å²) in [7, 11) is 0. The highest BCUT2D eigenvalue weighted by atomic mass is 15.2. The molecule has 0 unspecified atom stereocenters. The van der Waals surface area contributed by atoms with Crippen LogP contribution < -0.4 is 4.90 Å². The summed E-state index contributed by atoms with van der Waals surface area (Å²) in [6.07, 6.45) is 10.1. The first-order chi connectivity index (χ1) is 10.3. The van der Waals surface area contributed by atoms with Crippen molar-refractivity contribution in [3.8, 4) is 0 Å². The zero-order chi connectivity index (χ0) is 14.7. The quantitative estimate of drug-likeness (QED) is 0.836. The second kappa shape index (κ2) is 6.78. The standard InChI is InChI=1S/C18H29N3/c1-3-9-20-10-5-4-8-17(20)16-14-19-18(13-15(16)2)21-11-6-7-12-21/h13-14,17H,3-12H2,1-2H3/t17-/m0/s1. The zero-order valence-electron chi connectivity index (χ0n) is 13.6. The molecule has 1 atom stereocenters. The Morgan fingerprint density at radius 3 is 2.62 bits per heavy atom. The second-order valence-electron chi connectivity index (χ2n) is 6.64. The van der Waals surface area contributed by atoms with Crippen LogP contribution in [0.25, 0.3) is 0 Å². The molecule has 3 heterocycles. The molecule has 0 saturated carbocycles. The summed E-state index contributed by atoms with van der Waals surface area (Å²) in [5.74, 6) is 1.19. The van der Waals surface area contributed by atoms with Gasteiger partial charge in [0.25, 0.3) is 0 Å². The summed E-state index contributed by atoms with van der Waals surface area (Å²) in [6, 6.07) is 2.91. The molecule has 2 saturated heterocycles. The largest absolute Gasteiger partial charge is 0.357 e. The van der Waals surface area contributed by atoms with E-state index in [2.05, 4.69) is 35.9 Å². The van der Waals surface area contributed by atoms with Gasteiger partial charge in [0.2, 0.25) is 0 Å². The number of aryl methyl sites for hydroxylation is 1. The lowest BCUT2D eigenvalue weighted by molar-refractivity contribution is 0.148. The summed E-state index contributed by atoms with van der Waals surface area (Å²) in [5.41, 5.74) is 2.89. The molecule has 3 heteroatoms. The van der Waals surface area contributed by atoms with Gasteiger partial charge in [-0.2, -0.15) is 0 Å². The van der Waals surface area contributed by atoms with Gasteiger partial charge < -0.3 is 4.90 Å². The Labute approximate surface area is 129 Å². The Balaban J connectivity index is 1.80. The van der Waals surface area contributed by atoms with Gasteiger partial charge in [-0.25, -0.2) is 4.98 Å². The van der Waals surface area contributed by atoms with Crippen LogP contribution in [0.3, 0.4) is 0 Å². The van der Waals surface area contributed by atoms with Crippen LogP contribution in [0.2, 0.25) is 0 Å². The molecule has 2 aliphatic rings. The lowest BCUT2D eigenvalue weighted by Gasteiger charge is -2.36. The number of aromatic nitrogens is 1. The summed E-state index contributed by atoms with van der Waals surface area (Å²) in [4.78, 5) is 9.89. The van der Waals surface area contributed by atoms with Crippen molar-refractivity contribution in [1.29, 1.82) is 0 Å². The number of rotatable bonds is 4. The second-order valence-corrected chi connectivity index (χ2v) is 6.64. The fourth-order valence-corrected chi connectivity index (χ4v) is 3.92. The van der Waals surface area contributed by atoms with Crippen LogP contribution >= 0.6 is 0 Å². The maximum Gasteiger partial charge on any atom is 0.128 e. The third kappa shape index (κ3) is 3.23. The van der Waals surface area contributed by atoms with Gasteiger partial charge in [0.05, 0.1) is 0 Å². The van der Waals surface area contributed by atoms with E-state index in [9.17, 15) is 0 Å². The first kappa shape index (κ1) is 14.8. The highest BCUT2D eigenvalue weighted by Gasteiger charge is 2.25. The van der Waals surface area contributed by atoms with Gasteiger partial charge in [-0.15, -0.1) is 0 Å². The molecule has 0 amide bonds. The van der Waals surface area contributed by atoms with Crippen LogP contribution in [-0.4, -0.2) is 36.1 Å². The summed E-state index contributed by atoms with van der Waals surface area (Å²) < 4.78 is 0. The third-order valence-electron chi connectivity index (χ3n) is 5.05. The molecule has 1 aromatic heterocycles. The third-order valence-corrected chi connectivity index (χ3v) is 5.05. The highest BCUT2D eigenvalue weighted by molar-refractivity contribution is 5.45. The van der Waals surface area contributed by atoms with Crippen LogP contribution in [0, 0.1) is 6.92 Å². The van der Waals surface area contributed by atoms with Gasteiger partial charge in [-0.3, -0.25) is 4.90 Å². The number of pyridine rings is 1. The maximum absolute atomic E-state index is 4.79. The fraction of sp³-hybridized carbons (Fsp3) is 0.722. The molecule has 0 N–H and O–H groups in total. The van der Waals surface area contributed by atoms with Crippen LogP contribution in [0.15, 0.2) is 12.3 Å². The van der Waals surface area contributed by atoms with Crippen LogP contribution in [-0.2, 0) is 0 Å². The normalized spacial score (nSPS) is 23.7. The fourth-order valence-electron chi connectivity index (χ4n) is 3.92. The molecular weight excluding hydrogens is 258 g/mol. The molecule has 2 fully saturated rings. The van der Waals surface area contributed by atoms with Gasteiger partial charge in [-0.1, -0.05) is 13.3 Å². The molecular formula is C18H29N3. The minimum absolute atomic E-state index is 0.596. The molecule has 116 valence electrons. The first-order valence-corrected chi connectivity index (χ1v) is 8.75. The predicted molar refractivity (Wildman–Crippen MR) is 88.9 cm³/mol. The predicted octanol–water partition coefficient (Wildman–Crippen LogP) is 3.93. The van der Waals surface area contributed by atoms with E-state index in [1.165, 1.54) is 81.6 Å². The van der Waals surface area contributed by atoms with Crippen molar-refractivity contribution >= 4 is 5.82 Å². The molecule has 0 aromatic carbocycles. The SMILES string of the molecule is CCCN1CCCC[C@H]1c1cnc(N2CCCC2)cc1C. The Hall–Kier alpha value is -1.09. The van der Waals surface area contributed by atoms with E-state index in [1.54, 1.807) is 0 Å². The number of hydrogen-bond donors (Lipinski definition) is 0. The van der Waals surface area contributed by atoms with Crippen molar-refractivity contribution in [2.24, 2.45) is 0 Å². The first-order valence-electron chi connectivity index (χ1n) is 8.75. The van der Waals surface area contributed by atoms with E-state index in [4.69, 9.17) is 4.98 Å². The summed E-state index contributed by atoms with van der Waals surface area (Å²) in [5, 5.41) is 0. The minimum atomic E-state index is 0.596. The van der Waals surface area contributed by atoms with Crippen molar-refractivity contribution in [3.63, 3.8) is 0 Å². The topological polar surface area (TPSA) is 19.4 Å². The van der Waals surface area contributed by atoms with Gasteiger partial charge in [0.15, 0.2) is 0 Å². The van der Waals surface area contributed by atoms with Gasteiger partial charge in [0, 0.05) is 25.3 Å². The highest BCUT2D eigenvalue weighted by Crippen LogP contribution is 2.33. The molecule has 3 rings (SSSR count). The van der Waals surface area contributed by atoms with Gasteiger partial charge in [0.1, 0.15) is 5.82 Å². The molecule has 0 radical (unpaired) electrons. The maximum atomic E-state index is 4.79. The van der Waals surface area contributed by atoms with Crippen molar-refractivity contribution in [3.05, 3.63) is 23.4 Å². The molecule has 1 aromatic rings. The van der Waals surface area contributed by atoms with Crippen LogP contribution in [0.5, 0.6) is 0 Å². The Kier molecular flexibility index (Phi) is 4.79. The lowest BCUT2D eigenvalue weighted by Crippen LogP contribution is -2.34. The molecule has 21 heavy (non-hydrogen) atoms. The summed E-state index contributed by atoms with van der Waals surface area (Å²) >= 11 is 0. The monoisotopic (exact) mass is 287 g/mol. The van der Waals surface area contributed by atoms with E-state index in [0.717, 1.165) is 0 Å². The summed E-state index contributed by atoms with van der Waals surface area (Å²) in [6.45, 7) is 9.39. The van der Waals surface area contributed by atoms with E-state index in [1.807, 2.05) is 0 Å². The Morgan fingerprint density at radius 2 is 1.90 bits per heavy atom. The minimum Gasteiger partial charge on any atom is -0.357 e. The van der Waals surface area contributed by atoms with Crippen LogP contribution in [0.1, 0.15) is 62.6 Å². The van der Waals surface area contributed by atoms with Crippen molar-refractivity contribution in [1.82, 2.24) is 9.88 Å². The Bertz CT molecular complexity index is 464. The van der Waals surface area contributed by atoms with Crippen LogP contribution in [0.4, 0.5) is 5.82 Å². The number of piperidine rings is 1. The van der Waals surface area contributed by atoms with E-state index in [-0.39, 0.29) is 0 Å². The molecule has 0 bridgehead atoms. The molecule has 0 spiro atoms. The van der Waals surface area contributed by atoms with Gasteiger partial charge >= 0.3 is 0 Å². The van der Waals surface area contributed by atoms with E-state index in [0.29, 0.717) is 6.04 Å². The van der Waals surface area contributed by atoms with E-state index < -0.39 is 0 Å². The lowest BCUT2D eigenvalue weighted by atomic mass is 9.93. The molecule has 3 nitrogen and oxygen atoms in total. The number of anilines is 1. The smallest absolute Gasteiger partial charge is 0.128 e. The number of nitrogens with zero attached hydrogens (tertiary/aromatic N) is 3. The van der Waals surface area contributed by atoms with Crippen molar-refractivity contribution < 1.29 is 0 Å². The van der Waals surface area contributed by atoms with Crippen molar-refractivity contribution in [2.45, 2.75) is 58.4 Å². The zero-order valence-corrected chi connectivity index (χ0v) is 13.6. The molecule has 2 aliphatic heterocycles. The number of hydrogen-bond acceptors (Lipinski definition) is 3. The van der Waals surface area contributed by atoms with E-state index >= 15 is 0 Å². The van der Waals surface area contributed by atoms with Crippen molar-refractivity contribution in [2.75, 3.05) is 31.1 Å². The molecule has 0 aliphatic carbocycles. The Morgan fingerprint density at radius 1 is 1.14 bits per heavy atom. The number of likely N-dealkylation sites (tertiary alicyclic amines) is 1. The average molecular weight is 287 g/mol. The average Bonchev–Trinajstić information content (AvgIpc) is 3.03. The van der Waals surface area contributed by atoms with Gasteiger partial charge in [-0.05, 0) is 69.3 Å².